The first-order valence-electron chi connectivity index (χ1n) is 12.8. The van der Waals surface area contributed by atoms with Crippen LogP contribution in [0.3, 0.4) is 0 Å². The molecular formula is C29H28F4N2O4. The minimum atomic E-state index is -3.91. The third-order valence-corrected chi connectivity index (χ3v) is 7.02. The molecule has 6 nitrogen and oxygen atoms in total. The number of likely N-dealkylation sites (tertiary alicyclic amines) is 1. The highest BCUT2D eigenvalue weighted by molar-refractivity contribution is 5.85. The van der Waals surface area contributed by atoms with Crippen molar-refractivity contribution in [3.63, 3.8) is 0 Å². The summed E-state index contributed by atoms with van der Waals surface area (Å²) in [6.45, 7) is 1.86. The lowest BCUT2D eigenvalue weighted by Gasteiger charge is -2.30. The summed E-state index contributed by atoms with van der Waals surface area (Å²) in [6, 6.07) is 12.0. The standard InChI is InChI=1S/C29H28F4N2O4/c30-22-9-5-19(6-10-22)18-3-7-21(8-4-18)29(32,33)28(37)34-24(17-35-11-1-2-12-35)26(36)20-15-23(31)27-25(16-20)38-13-14-39-27/h3-10,15-16,24,26,36H,1-2,11-14,17H2,(H,34,37). The summed E-state index contributed by atoms with van der Waals surface area (Å²) in [6.07, 6.45) is 0.328. The first kappa shape index (κ1) is 27.0. The molecule has 2 unspecified atom stereocenters. The zero-order valence-electron chi connectivity index (χ0n) is 21.0. The Labute approximate surface area is 223 Å². The third kappa shape index (κ3) is 5.86. The highest BCUT2D eigenvalue weighted by Crippen LogP contribution is 2.37. The van der Waals surface area contributed by atoms with E-state index in [1.54, 1.807) is 0 Å². The number of hydrogen-bond donors (Lipinski definition) is 2. The zero-order chi connectivity index (χ0) is 27.6. The van der Waals surface area contributed by atoms with Crippen LogP contribution < -0.4 is 14.8 Å². The van der Waals surface area contributed by atoms with Crippen LogP contribution in [0.15, 0.2) is 60.7 Å². The van der Waals surface area contributed by atoms with Gasteiger partial charge in [0, 0.05) is 12.1 Å². The molecule has 2 aliphatic heterocycles. The van der Waals surface area contributed by atoms with Crippen LogP contribution in [0.5, 0.6) is 11.5 Å². The Morgan fingerprint density at radius 1 is 0.949 bits per heavy atom. The number of carbonyl (C=O) groups excluding carboxylic acids is 1. The van der Waals surface area contributed by atoms with Gasteiger partial charge in [-0.1, -0.05) is 36.4 Å². The minimum absolute atomic E-state index is 0.0760. The molecule has 2 atom stereocenters. The molecule has 0 saturated carbocycles. The number of amides is 1. The molecule has 0 aliphatic carbocycles. The smallest absolute Gasteiger partial charge is 0.349 e. The van der Waals surface area contributed by atoms with Gasteiger partial charge < -0.3 is 24.8 Å². The molecule has 5 rings (SSSR count). The number of fused-ring (bicyclic) bond motifs is 1. The topological polar surface area (TPSA) is 71.0 Å². The number of aliphatic hydroxyl groups is 1. The number of halogens is 4. The fraction of sp³-hybridized carbons (Fsp3) is 0.345. The van der Waals surface area contributed by atoms with E-state index in [1.807, 2.05) is 4.90 Å². The van der Waals surface area contributed by atoms with E-state index in [-0.39, 0.29) is 36.8 Å². The maximum Gasteiger partial charge on any atom is 0.349 e. The Morgan fingerprint density at radius 3 is 2.23 bits per heavy atom. The van der Waals surface area contributed by atoms with Gasteiger partial charge in [-0.15, -0.1) is 0 Å². The SMILES string of the molecule is O=C(NC(CN1CCCC1)C(O)c1cc(F)c2c(c1)OCCO2)C(F)(F)c1ccc(-c2ccc(F)cc2)cc1. The largest absolute Gasteiger partial charge is 0.486 e. The van der Waals surface area contributed by atoms with Gasteiger partial charge in [-0.05, 0) is 66.9 Å². The van der Waals surface area contributed by atoms with Crippen LogP contribution >= 0.6 is 0 Å². The van der Waals surface area contributed by atoms with Gasteiger partial charge in [0.25, 0.3) is 5.91 Å². The number of alkyl halides is 2. The molecule has 206 valence electrons. The number of nitrogens with one attached hydrogen (secondary N) is 1. The van der Waals surface area contributed by atoms with Crippen molar-refractivity contribution in [2.24, 2.45) is 0 Å². The molecule has 3 aromatic carbocycles. The van der Waals surface area contributed by atoms with Gasteiger partial charge in [-0.2, -0.15) is 8.78 Å². The van der Waals surface area contributed by atoms with Gasteiger partial charge in [0.15, 0.2) is 17.3 Å². The van der Waals surface area contributed by atoms with Crippen LogP contribution in [-0.4, -0.2) is 54.8 Å². The molecule has 10 heteroatoms. The van der Waals surface area contributed by atoms with Gasteiger partial charge in [-0.25, -0.2) is 8.78 Å². The summed E-state index contributed by atoms with van der Waals surface area (Å²) in [5.41, 5.74) is 0.757. The summed E-state index contributed by atoms with van der Waals surface area (Å²) >= 11 is 0. The average molecular weight is 545 g/mol. The summed E-state index contributed by atoms with van der Waals surface area (Å²) in [5.74, 6) is -6.64. The van der Waals surface area contributed by atoms with Crippen molar-refractivity contribution in [2.45, 2.75) is 30.9 Å². The second-order valence-electron chi connectivity index (χ2n) is 9.72. The van der Waals surface area contributed by atoms with Crippen LogP contribution in [0.2, 0.25) is 0 Å². The Morgan fingerprint density at radius 2 is 1.56 bits per heavy atom. The average Bonchev–Trinajstić information content (AvgIpc) is 3.46. The summed E-state index contributed by atoms with van der Waals surface area (Å²) in [5, 5.41) is 13.5. The number of aliphatic hydroxyl groups excluding tert-OH is 1. The highest BCUT2D eigenvalue weighted by atomic mass is 19.3. The monoisotopic (exact) mass is 544 g/mol. The lowest BCUT2D eigenvalue weighted by molar-refractivity contribution is -0.149. The van der Waals surface area contributed by atoms with E-state index in [4.69, 9.17) is 9.47 Å². The highest BCUT2D eigenvalue weighted by Gasteiger charge is 2.43. The van der Waals surface area contributed by atoms with Gasteiger partial charge >= 0.3 is 5.92 Å². The molecule has 1 fully saturated rings. The van der Waals surface area contributed by atoms with Crippen molar-refractivity contribution in [2.75, 3.05) is 32.8 Å². The van der Waals surface area contributed by atoms with Crippen molar-refractivity contribution in [3.8, 4) is 22.6 Å². The molecule has 0 aromatic heterocycles. The second kappa shape index (κ2) is 11.2. The van der Waals surface area contributed by atoms with Crippen LogP contribution in [0.25, 0.3) is 11.1 Å². The molecule has 1 amide bonds. The van der Waals surface area contributed by atoms with Crippen LogP contribution in [0.4, 0.5) is 17.6 Å². The van der Waals surface area contributed by atoms with Gasteiger partial charge in [0.1, 0.15) is 25.1 Å². The van der Waals surface area contributed by atoms with Crippen LogP contribution in [0, 0.1) is 11.6 Å². The third-order valence-electron chi connectivity index (χ3n) is 7.02. The maximum absolute atomic E-state index is 15.3. The molecule has 39 heavy (non-hydrogen) atoms. The van der Waals surface area contributed by atoms with Crippen molar-refractivity contribution in [1.29, 1.82) is 0 Å². The van der Waals surface area contributed by atoms with Crippen molar-refractivity contribution in [1.82, 2.24) is 10.2 Å². The van der Waals surface area contributed by atoms with E-state index >= 15 is 8.78 Å². The number of carbonyl (C=O) groups is 1. The first-order chi connectivity index (χ1) is 18.7. The molecule has 0 spiro atoms. The van der Waals surface area contributed by atoms with E-state index in [0.717, 1.165) is 31.0 Å². The molecule has 0 bridgehead atoms. The zero-order valence-corrected chi connectivity index (χ0v) is 21.0. The second-order valence-corrected chi connectivity index (χ2v) is 9.72. The number of hydrogen-bond acceptors (Lipinski definition) is 5. The Bertz CT molecular complexity index is 1310. The first-order valence-corrected chi connectivity index (χ1v) is 12.8. The lowest BCUT2D eigenvalue weighted by atomic mass is 9.98. The van der Waals surface area contributed by atoms with E-state index in [1.165, 1.54) is 42.5 Å². The van der Waals surface area contributed by atoms with E-state index < -0.39 is 41.2 Å². The van der Waals surface area contributed by atoms with Crippen molar-refractivity contribution < 1.29 is 36.9 Å². The van der Waals surface area contributed by atoms with E-state index in [0.29, 0.717) is 24.2 Å². The summed E-state index contributed by atoms with van der Waals surface area (Å²) < 4.78 is 69.2. The van der Waals surface area contributed by atoms with Gasteiger partial charge in [0.2, 0.25) is 0 Å². The molecular weight excluding hydrogens is 516 g/mol. The molecule has 0 radical (unpaired) electrons. The minimum Gasteiger partial charge on any atom is -0.486 e. The molecule has 2 heterocycles. The van der Waals surface area contributed by atoms with Crippen molar-refractivity contribution in [3.05, 3.63) is 83.4 Å². The predicted molar refractivity (Wildman–Crippen MR) is 136 cm³/mol. The number of benzene rings is 3. The molecule has 1 saturated heterocycles. The van der Waals surface area contributed by atoms with Gasteiger partial charge in [-0.3, -0.25) is 4.79 Å². The Kier molecular flexibility index (Phi) is 7.76. The summed E-state index contributed by atoms with van der Waals surface area (Å²) in [4.78, 5) is 14.9. The quantitative estimate of drug-likeness (QED) is 0.399. The van der Waals surface area contributed by atoms with Crippen LogP contribution in [-0.2, 0) is 10.7 Å². The van der Waals surface area contributed by atoms with E-state index in [2.05, 4.69) is 5.32 Å². The lowest BCUT2D eigenvalue weighted by Crippen LogP contribution is -2.51. The Hall–Kier alpha value is -3.63. The van der Waals surface area contributed by atoms with Crippen molar-refractivity contribution >= 4 is 5.91 Å². The van der Waals surface area contributed by atoms with E-state index in [9.17, 15) is 18.7 Å². The molecule has 2 N–H and O–H groups in total. The molecule has 3 aromatic rings. The number of ether oxygens (including phenoxy) is 2. The van der Waals surface area contributed by atoms with Crippen LogP contribution in [0.1, 0.15) is 30.1 Å². The number of rotatable bonds is 8. The summed E-state index contributed by atoms with van der Waals surface area (Å²) in [7, 11) is 0. The normalized spacial score (nSPS) is 17.1. The van der Waals surface area contributed by atoms with Gasteiger partial charge in [0.05, 0.1) is 6.04 Å². The predicted octanol–water partition coefficient (Wildman–Crippen LogP) is 4.81. The molecule has 2 aliphatic rings. The fourth-order valence-electron chi connectivity index (χ4n) is 4.91. The number of nitrogens with zero attached hydrogens (tertiary/aromatic N) is 1. The fourth-order valence-corrected chi connectivity index (χ4v) is 4.91. The Balaban J connectivity index is 1.36. The maximum atomic E-state index is 15.3.